The quantitative estimate of drug-likeness (QED) is 0.616. The van der Waals surface area contributed by atoms with Gasteiger partial charge in [0, 0.05) is 6.07 Å². The minimum absolute atomic E-state index is 0.108. The zero-order valence-corrected chi connectivity index (χ0v) is 16.0. The summed E-state index contributed by atoms with van der Waals surface area (Å²) in [7, 11) is 0. The van der Waals surface area contributed by atoms with Crippen LogP contribution >= 0.6 is 0 Å². The molecule has 1 heterocycles. The summed E-state index contributed by atoms with van der Waals surface area (Å²) in [5, 5.41) is 9.77. The Morgan fingerprint density at radius 2 is 1.70 bits per heavy atom. The fourth-order valence-electron chi connectivity index (χ4n) is 3.11. The normalized spacial score (nSPS) is 12.0. The van der Waals surface area contributed by atoms with Crippen LogP contribution in [0, 0.1) is 11.6 Å². The monoisotopic (exact) mass is 426 g/mol. The van der Waals surface area contributed by atoms with Gasteiger partial charge < -0.3 is 9.84 Å². The van der Waals surface area contributed by atoms with Crippen LogP contribution in [0.1, 0.15) is 19.4 Å². The molecule has 0 saturated heterocycles. The van der Waals surface area contributed by atoms with E-state index in [1.54, 1.807) is 0 Å². The molecule has 0 bridgehead atoms. The molecule has 0 fully saturated rings. The van der Waals surface area contributed by atoms with Crippen molar-refractivity contribution in [1.82, 2.24) is 9.13 Å². The van der Waals surface area contributed by atoms with Crippen LogP contribution in [0.25, 0.3) is 10.9 Å². The third-order valence-electron chi connectivity index (χ3n) is 4.27. The molecule has 10 heteroatoms. The number of nitrogens with zero attached hydrogens (tertiary/aromatic N) is 2. The molecule has 0 saturated carbocycles. The minimum Gasteiger partial charge on any atom is -0.435 e. The maximum atomic E-state index is 14.4. The highest BCUT2D eigenvalue weighted by molar-refractivity contribution is 5.78. The molecule has 0 amide bonds. The number of hydrogen-bond acceptors (Lipinski definition) is 4. The molecule has 0 atom stereocenters. The van der Waals surface area contributed by atoms with Gasteiger partial charge in [0.2, 0.25) is 0 Å². The summed E-state index contributed by atoms with van der Waals surface area (Å²) in [6.07, 6.45) is 0. The van der Waals surface area contributed by atoms with E-state index < -0.39 is 40.6 Å². The largest absolute Gasteiger partial charge is 0.435 e. The van der Waals surface area contributed by atoms with Gasteiger partial charge in [-0.3, -0.25) is 13.9 Å². The van der Waals surface area contributed by atoms with E-state index in [0.717, 1.165) is 15.2 Å². The molecule has 0 spiro atoms. The molecule has 1 N–H and O–H groups in total. The Morgan fingerprint density at radius 3 is 2.27 bits per heavy atom. The van der Waals surface area contributed by atoms with Crippen molar-refractivity contribution >= 4 is 10.9 Å². The van der Waals surface area contributed by atoms with E-state index in [2.05, 4.69) is 4.74 Å². The van der Waals surface area contributed by atoms with Gasteiger partial charge in [-0.1, -0.05) is 12.1 Å². The molecule has 0 aliphatic rings. The number of aliphatic hydroxyl groups is 1. The first kappa shape index (κ1) is 21.6. The first-order valence-electron chi connectivity index (χ1n) is 8.85. The summed E-state index contributed by atoms with van der Waals surface area (Å²) in [6.45, 7) is -0.857. The highest BCUT2D eigenvalue weighted by Crippen LogP contribution is 2.19. The zero-order chi connectivity index (χ0) is 22.2. The van der Waals surface area contributed by atoms with E-state index in [0.29, 0.717) is 11.6 Å². The van der Waals surface area contributed by atoms with E-state index >= 15 is 0 Å². The van der Waals surface area contributed by atoms with E-state index in [1.165, 1.54) is 38.1 Å². The molecule has 3 rings (SSSR count). The van der Waals surface area contributed by atoms with Crippen LogP contribution in [0.3, 0.4) is 0 Å². The van der Waals surface area contributed by atoms with Gasteiger partial charge in [0.05, 0.1) is 29.6 Å². The van der Waals surface area contributed by atoms with Crippen molar-refractivity contribution in [3.63, 3.8) is 0 Å². The number of benzene rings is 2. The summed E-state index contributed by atoms with van der Waals surface area (Å²) in [5.41, 5.74) is -3.29. The van der Waals surface area contributed by atoms with Gasteiger partial charge in [-0.25, -0.2) is 13.6 Å². The van der Waals surface area contributed by atoms with Gasteiger partial charge in [0.1, 0.15) is 11.6 Å². The third kappa shape index (κ3) is 4.54. The van der Waals surface area contributed by atoms with Gasteiger partial charge in [0.25, 0.3) is 5.56 Å². The Morgan fingerprint density at radius 1 is 1.07 bits per heavy atom. The van der Waals surface area contributed by atoms with Crippen molar-refractivity contribution in [1.29, 1.82) is 0 Å². The second-order valence-electron chi connectivity index (χ2n) is 7.38. The lowest BCUT2D eigenvalue weighted by molar-refractivity contribution is -0.0498. The molecule has 0 aliphatic carbocycles. The van der Waals surface area contributed by atoms with E-state index in [9.17, 15) is 32.3 Å². The number of alkyl halides is 2. The van der Waals surface area contributed by atoms with Crippen LogP contribution in [0.15, 0.2) is 46.0 Å². The van der Waals surface area contributed by atoms with Crippen molar-refractivity contribution in [3.05, 3.63) is 74.4 Å². The summed E-state index contributed by atoms with van der Waals surface area (Å²) >= 11 is 0. The summed E-state index contributed by atoms with van der Waals surface area (Å²) in [6, 6.07) is 6.59. The summed E-state index contributed by atoms with van der Waals surface area (Å²) < 4.78 is 58.6. The Labute approximate surface area is 167 Å². The Balaban J connectivity index is 2.17. The highest BCUT2D eigenvalue weighted by Gasteiger charge is 2.22. The van der Waals surface area contributed by atoms with Crippen molar-refractivity contribution in [2.75, 3.05) is 0 Å². The zero-order valence-electron chi connectivity index (χ0n) is 16.0. The lowest BCUT2D eigenvalue weighted by Gasteiger charge is -2.21. The molecule has 30 heavy (non-hydrogen) atoms. The highest BCUT2D eigenvalue weighted by atomic mass is 19.3. The number of fused-ring (bicyclic) bond motifs is 1. The predicted molar refractivity (Wildman–Crippen MR) is 101 cm³/mol. The molecule has 0 radical (unpaired) electrons. The lowest BCUT2D eigenvalue weighted by atomic mass is 10.1. The standard InChI is InChI=1S/C20H18F4N2O4/c1-20(2,29)10-26-16-14(7-12(21)8-15(16)22)17(27)25(19(26)28)9-11-3-5-13(6-4-11)30-18(23)24/h3-8,18,29H,9-10H2,1-2H3. The van der Waals surface area contributed by atoms with Crippen molar-refractivity contribution in [3.8, 4) is 5.75 Å². The van der Waals surface area contributed by atoms with Gasteiger partial charge in [-0.2, -0.15) is 8.78 Å². The number of ether oxygens (including phenoxy) is 1. The minimum atomic E-state index is -3.00. The number of halogens is 4. The topological polar surface area (TPSA) is 73.5 Å². The first-order chi connectivity index (χ1) is 14.0. The third-order valence-corrected chi connectivity index (χ3v) is 4.27. The van der Waals surface area contributed by atoms with Crippen LogP contribution in [0.5, 0.6) is 5.75 Å². The van der Waals surface area contributed by atoms with Gasteiger partial charge >= 0.3 is 12.3 Å². The fourth-order valence-corrected chi connectivity index (χ4v) is 3.11. The van der Waals surface area contributed by atoms with Crippen LogP contribution < -0.4 is 16.0 Å². The number of aromatic nitrogens is 2. The van der Waals surface area contributed by atoms with Crippen molar-refractivity contribution < 1.29 is 27.4 Å². The Hall–Kier alpha value is -3.14. The molecule has 0 aliphatic heterocycles. The molecular formula is C20H18F4N2O4. The van der Waals surface area contributed by atoms with Gasteiger partial charge in [-0.05, 0) is 37.6 Å². The van der Waals surface area contributed by atoms with Crippen molar-refractivity contribution in [2.45, 2.75) is 39.1 Å². The maximum absolute atomic E-state index is 14.4. The van der Waals surface area contributed by atoms with Crippen LogP contribution in [0.4, 0.5) is 17.6 Å². The lowest BCUT2D eigenvalue weighted by Crippen LogP contribution is -2.43. The molecule has 3 aromatic rings. The molecule has 0 unspecified atom stereocenters. The molecular weight excluding hydrogens is 408 g/mol. The fraction of sp³-hybridized carbons (Fsp3) is 0.300. The number of hydrogen-bond donors (Lipinski definition) is 1. The maximum Gasteiger partial charge on any atom is 0.387 e. The van der Waals surface area contributed by atoms with E-state index in [4.69, 9.17) is 0 Å². The Bertz CT molecular complexity index is 1200. The van der Waals surface area contributed by atoms with Crippen LogP contribution in [-0.4, -0.2) is 26.5 Å². The summed E-state index contributed by atoms with van der Waals surface area (Å²) in [4.78, 5) is 25.8. The first-order valence-corrected chi connectivity index (χ1v) is 8.85. The molecule has 6 nitrogen and oxygen atoms in total. The smallest absolute Gasteiger partial charge is 0.387 e. The van der Waals surface area contributed by atoms with Crippen LogP contribution in [-0.2, 0) is 13.1 Å². The Kier molecular flexibility index (Phi) is 5.71. The number of rotatable bonds is 6. The SMILES string of the molecule is CC(C)(O)Cn1c(=O)n(Cc2ccc(OC(F)F)cc2)c(=O)c2cc(F)cc(F)c21. The van der Waals surface area contributed by atoms with E-state index in [1.807, 2.05) is 0 Å². The average Bonchev–Trinajstić information content (AvgIpc) is 2.62. The molecule has 160 valence electrons. The second-order valence-corrected chi connectivity index (χ2v) is 7.38. The molecule has 2 aromatic carbocycles. The summed E-state index contributed by atoms with van der Waals surface area (Å²) in [5.74, 6) is -2.21. The molecule has 1 aromatic heterocycles. The van der Waals surface area contributed by atoms with Crippen molar-refractivity contribution in [2.24, 2.45) is 0 Å². The second kappa shape index (κ2) is 7.94. The van der Waals surface area contributed by atoms with Crippen LogP contribution in [0.2, 0.25) is 0 Å². The van der Waals surface area contributed by atoms with E-state index in [-0.39, 0.29) is 24.2 Å². The predicted octanol–water partition coefficient (Wildman–Crippen LogP) is 2.86. The van der Waals surface area contributed by atoms with Gasteiger partial charge in [-0.15, -0.1) is 0 Å². The van der Waals surface area contributed by atoms with Gasteiger partial charge in [0.15, 0.2) is 5.82 Å². The average molecular weight is 426 g/mol.